The molecule has 2 saturated carbocycles. The highest BCUT2D eigenvalue weighted by molar-refractivity contribution is 5.98. The van der Waals surface area contributed by atoms with Gasteiger partial charge in [-0.15, -0.1) is 0 Å². The lowest BCUT2D eigenvalue weighted by Crippen LogP contribution is -2.48. The van der Waals surface area contributed by atoms with Gasteiger partial charge in [-0.05, 0) is 90.9 Å². The lowest BCUT2D eigenvalue weighted by atomic mass is 9.50. The van der Waals surface area contributed by atoms with Crippen LogP contribution in [0, 0.1) is 40.4 Å². The summed E-state index contributed by atoms with van der Waals surface area (Å²) in [7, 11) is 0. The first-order valence-electron chi connectivity index (χ1n) is 13.5. The molecule has 4 rings (SSSR count). The van der Waals surface area contributed by atoms with Crippen LogP contribution >= 0.6 is 0 Å². The van der Waals surface area contributed by atoms with Gasteiger partial charge in [0, 0.05) is 13.3 Å². The van der Waals surface area contributed by atoms with Crippen LogP contribution in [0.15, 0.2) is 11.1 Å². The van der Waals surface area contributed by atoms with Crippen LogP contribution in [0.2, 0.25) is 0 Å². The van der Waals surface area contributed by atoms with Gasteiger partial charge in [-0.2, -0.15) is 0 Å². The van der Waals surface area contributed by atoms with Crippen LogP contribution in [0.4, 0.5) is 0 Å². The zero-order valence-corrected chi connectivity index (χ0v) is 21.5. The van der Waals surface area contributed by atoms with Crippen molar-refractivity contribution in [1.29, 1.82) is 0 Å². The van der Waals surface area contributed by atoms with Crippen molar-refractivity contribution in [1.82, 2.24) is 0 Å². The van der Waals surface area contributed by atoms with E-state index in [2.05, 4.69) is 34.6 Å². The predicted octanol–water partition coefficient (Wildman–Crippen LogP) is 7.28. The SMILES string of the molecule is CC(=O)OC1CCC2(C)C3=C(C(=O)C[C@H]2C1)C1CCC([C@H](C)CCCC(C)C)C1(C)CC3. The quantitative estimate of drug-likeness (QED) is 0.406. The van der Waals surface area contributed by atoms with Crippen LogP contribution < -0.4 is 0 Å². The van der Waals surface area contributed by atoms with E-state index in [1.165, 1.54) is 56.6 Å². The highest BCUT2D eigenvalue weighted by atomic mass is 16.5. The summed E-state index contributed by atoms with van der Waals surface area (Å²) < 4.78 is 5.56. The Morgan fingerprint density at radius 1 is 1.09 bits per heavy atom. The summed E-state index contributed by atoms with van der Waals surface area (Å²) in [5.41, 5.74) is 3.20. The van der Waals surface area contributed by atoms with E-state index in [9.17, 15) is 9.59 Å². The van der Waals surface area contributed by atoms with E-state index in [4.69, 9.17) is 4.74 Å². The largest absolute Gasteiger partial charge is 0.463 e. The molecule has 0 aromatic heterocycles. The molecule has 0 radical (unpaired) electrons. The van der Waals surface area contributed by atoms with E-state index < -0.39 is 0 Å². The van der Waals surface area contributed by atoms with Gasteiger partial charge in [0.15, 0.2) is 5.78 Å². The van der Waals surface area contributed by atoms with Crippen molar-refractivity contribution < 1.29 is 14.3 Å². The number of Topliss-reactive ketones (excluding diaryl/α,β-unsaturated/α-hetero) is 1. The van der Waals surface area contributed by atoms with E-state index in [1.54, 1.807) is 0 Å². The minimum Gasteiger partial charge on any atom is -0.463 e. The van der Waals surface area contributed by atoms with Gasteiger partial charge in [-0.25, -0.2) is 0 Å². The molecule has 7 atom stereocenters. The number of rotatable bonds is 6. The predicted molar refractivity (Wildman–Crippen MR) is 129 cm³/mol. The molecule has 0 amide bonds. The van der Waals surface area contributed by atoms with Gasteiger partial charge in [0.25, 0.3) is 0 Å². The molecule has 3 nitrogen and oxygen atoms in total. The summed E-state index contributed by atoms with van der Waals surface area (Å²) in [5, 5.41) is 0. The van der Waals surface area contributed by atoms with E-state index >= 15 is 0 Å². The first kappa shape index (κ1) is 24.0. The molecule has 5 unspecified atom stereocenters. The van der Waals surface area contributed by atoms with Gasteiger partial charge < -0.3 is 4.74 Å². The number of hydrogen-bond donors (Lipinski definition) is 0. The molecule has 0 N–H and O–H groups in total. The monoisotopic (exact) mass is 442 g/mol. The number of carbonyl (C=O) groups excluding carboxylic acids is 2. The summed E-state index contributed by atoms with van der Waals surface area (Å²) in [6.45, 7) is 13.6. The number of esters is 1. The second-order valence-corrected chi connectivity index (χ2v) is 12.7. The van der Waals surface area contributed by atoms with Crippen LogP contribution in [0.25, 0.3) is 0 Å². The second-order valence-electron chi connectivity index (χ2n) is 12.7. The molecule has 0 aromatic carbocycles. The number of carbonyl (C=O) groups is 2. The molecule has 0 spiro atoms. The Bertz CT molecular complexity index is 779. The van der Waals surface area contributed by atoms with Gasteiger partial charge in [-0.1, -0.05) is 59.5 Å². The zero-order valence-electron chi connectivity index (χ0n) is 21.5. The van der Waals surface area contributed by atoms with Crippen molar-refractivity contribution in [2.45, 2.75) is 118 Å². The average Bonchev–Trinajstić information content (AvgIpc) is 3.05. The molecule has 2 fully saturated rings. The molecule has 0 saturated heterocycles. The van der Waals surface area contributed by atoms with Gasteiger partial charge >= 0.3 is 5.97 Å². The van der Waals surface area contributed by atoms with Crippen LogP contribution in [0.1, 0.15) is 112 Å². The van der Waals surface area contributed by atoms with Crippen molar-refractivity contribution >= 4 is 11.8 Å². The topological polar surface area (TPSA) is 43.4 Å². The molecule has 0 aromatic rings. The summed E-state index contributed by atoms with van der Waals surface area (Å²) in [6, 6.07) is 0. The molecule has 3 heteroatoms. The molecule has 0 aliphatic heterocycles. The first-order valence-corrected chi connectivity index (χ1v) is 13.5. The Morgan fingerprint density at radius 3 is 2.53 bits per heavy atom. The van der Waals surface area contributed by atoms with Crippen molar-refractivity contribution in [3.63, 3.8) is 0 Å². The zero-order chi connectivity index (χ0) is 23.3. The summed E-state index contributed by atoms with van der Waals surface area (Å²) >= 11 is 0. The van der Waals surface area contributed by atoms with Gasteiger partial charge in [0.2, 0.25) is 0 Å². The van der Waals surface area contributed by atoms with E-state index in [0.29, 0.717) is 29.5 Å². The summed E-state index contributed by atoms with van der Waals surface area (Å²) in [5.74, 6) is 3.35. The normalized spacial score (nSPS) is 40.0. The first-order chi connectivity index (χ1) is 15.1. The van der Waals surface area contributed by atoms with Gasteiger partial charge in [-0.3, -0.25) is 9.59 Å². The van der Waals surface area contributed by atoms with Gasteiger partial charge in [0.05, 0.1) is 0 Å². The van der Waals surface area contributed by atoms with Crippen molar-refractivity contribution in [2.75, 3.05) is 0 Å². The molecular formula is C29H46O3. The fraction of sp³-hybridized carbons (Fsp3) is 0.862. The van der Waals surface area contributed by atoms with E-state index in [1.807, 2.05) is 0 Å². The fourth-order valence-corrected chi connectivity index (χ4v) is 8.52. The highest BCUT2D eigenvalue weighted by Crippen LogP contribution is 2.65. The Kier molecular flexibility index (Phi) is 6.69. The lowest BCUT2D eigenvalue weighted by Gasteiger charge is -2.54. The smallest absolute Gasteiger partial charge is 0.302 e. The van der Waals surface area contributed by atoms with Crippen LogP contribution in [-0.2, 0) is 14.3 Å². The molecule has 0 bridgehead atoms. The molecular weight excluding hydrogens is 396 g/mol. The number of ketones is 1. The maximum absolute atomic E-state index is 13.6. The van der Waals surface area contributed by atoms with Crippen LogP contribution in [0.3, 0.4) is 0 Å². The minimum absolute atomic E-state index is 0.00284. The Balaban J connectivity index is 1.54. The molecule has 180 valence electrons. The van der Waals surface area contributed by atoms with E-state index in [-0.39, 0.29) is 17.5 Å². The van der Waals surface area contributed by atoms with Crippen molar-refractivity contribution in [3.8, 4) is 0 Å². The third-order valence-corrected chi connectivity index (χ3v) is 10.3. The minimum atomic E-state index is -0.186. The summed E-state index contributed by atoms with van der Waals surface area (Å²) in [4.78, 5) is 25.1. The Labute approximate surface area is 196 Å². The number of allylic oxidation sites excluding steroid dienone is 2. The lowest BCUT2D eigenvalue weighted by molar-refractivity contribution is -0.150. The fourth-order valence-electron chi connectivity index (χ4n) is 8.52. The van der Waals surface area contributed by atoms with Gasteiger partial charge in [0.1, 0.15) is 6.10 Å². The standard InChI is InChI=1S/C29H46O3/c1-18(2)8-7-9-19(3)23-10-11-24-27-25(13-15-29(23,24)6)28(5)14-12-22(32-20(4)30)16-21(28)17-26(27)31/h18-19,21-24H,7-17H2,1-6H3/t19-,21-,22?,23?,24?,28?,29?/m1/s1. The highest BCUT2D eigenvalue weighted by Gasteiger charge is 2.58. The van der Waals surface area contributed by atoms with Crippen LogP contribution in [-0.4, -0.2) is 17.9 Å². The Morgan fingerprint density at radius 2 is 1.84 bits per heavy atom. The third-order valence-electron chi connectivity index (χ3n) is 10.3. The van der Waals surface area contributed by atoms with Crippen LogP contribution in [0.5, 0.6) is 0 Å². The second kappa shape index (κ2) is 8.91. The molecule has 0 heterocycles. The molecule has 4 aliphatic carbocycles. The summed E-state index contributed by atoms with van der Waals surface area (Å²) in [6.07, 6.45) is 12.4. The van der Waals surface area contributed by atoms with Crippen molar-refractivity contribution in [2.24, 2.45) is 40.4 Å². The molecule has 32 heavy (non-hydrogen) atoms. The maximum atomic E-state index is 13.6. The maximum Gasteiger partial charge on any atom is 0.302 e. The van der Waals surface area contributed by atoms with E-state index in [0.717, 1.165) is 43.4 Å². The number of hydrogen-bond acceptors (Lipinski definition) is 3. The number of fused-ring (bicyclic) bond motifs is 4. The van der Waals surface area contributed by atoms with Crippen molar-refractivity contribution in [3.05, 3.63) is 11.1 Å². The molecule has 4 aliphatic rings. The average molecular weight is 443 g/mol. The Hall–Kier alpha value is -1.12. The third kappa shape index (κ3) is 4.11. The number of ether oxygens (including phenoxy) is 1.